The van der Waals surface area contributed by atoms with E-state index in [1.54, 1.807) is 0 Å². The van der Waals surface area contributed by atoms with Crippen LogP contribution in [0, 0.1) is 12.0 Å². The van der Waals surface area contributed by atoms with Gasteiger partial charge in [0.2, 0.25) is 0 Å². The number of allylic oxidation sites excluding steroid dienone is 3. The minimum Gasteiger partial charge on any atom is -0.334 e. The molecule has 0 bridgehead atoms. The van der Waals surface area contributed by atoms with Crippen molar-refractivity contribution in [1.82, 2.24) is 0 Å². The van der Waals surface area contributed by atoms with Crippen LogP contribution in [0.1, 0.15) is 47.1 Å². The highest BCUT2D eigenvalue weighted by atomic mass is 15.2. The Morgan fingerprint density at radius 2 is 1.73 bits per heavy atom. The van der Waals surface area contributed by atoms with Crippen molar-refractivity contribution in [3.05, 3.63) is 64.9 Å². The van der Waals surface area contributed by atoms with E-state index in [2.05, 4.69) is 88.9 Å². The quantitative estimate of drug-likeness (QED) is 0.705. The lowest BCUT2D eigenvalue weighted by Gasteiger charge is -2.27. The Bertz CT molecular complexity index is 663. The molecule has 0 N–H and O–H groups in total. The first kappa shape index (κ1) is 15.1. The highest BCUT2D eigenvalue weighted by Gasteiger charge is 2.30. The van der Waals surface area contributed by atoms with Crippen LogP contribution in [0.2, 0.25) is 0 Å². The molecule has 0 saturated heterocycles. The summed E-state index contributed by atoms with van der Waals surface area (Å²) in [6, 6.07) is 9.42. The van der Waals surface area contributed by atoms with E-state index >= 15 is 0 Å². The zero-order valence-electron chi connectivity index (χ0n) is 14.6. The molecule has 3 rings (SSSR count). The van der Waals surface area contributed by atoms with Crippen LogP contribution in [0.5, 0.6) is 0 Å². The Kier molecular flexibility index (Phi) is 3.55. The average Bonchev–Trinajstić information content (AvgIpc) is 2.94. The lowest BCUT2D eigenvalue weighted by atomic mass is 9.87. The number of hydrogen-bond acceptors (Lipinski definition) is 1. The first-order chi connectivity index (χ1) is 10.3. The maximum absolute atomic E-state index is 3.56. The normalized spacial score (nSPS) is 21.0. The molecule has 0 saturated carbocycles. The molecule has 0 spiro atoms. The zero-order chi connectivity index (χ0) is 16.1. The van der Waals surface area contributed by atoms with Crippen LogP contribution in [-0.4, -0.2) is 6.04 Å². The predicted octanol–water partition coefficient (Wildman–Crippen LogP) is 5.40. The number of fused-ring (bicyclic) bond motifs is 1. The topological polar surface area (TPSA) is 3.24 Å². The highest BCUT2D eigenvalue weighted by Crippen LogP contribution is 2.39. The van der Waals surface area contributed by atoms with Gasteiger partial charge < -0.3 is 4.90 Å². The van der Waals surface area contributed by atoms with Crippen molar-refractivity contribution in [2.45, 2.75) is 53.0 Å². The van der Waals surface area contributed by atoms with Crippen molar-refractivity contribution in [2.24, 2.45) is 5.92 Å². The molecule has 1 aliphatic carbocycles. The molecule has 1 aromatic carbocycles. The fourth-order valence-electron chi connectivity index (χ4n) is 3.15. The van der Waals surface area contributed by atoms with Gasteiger partial charge in [0.05, 0.1) is 6.04 Å². The van der Waals surface area contributed by atoms with E-state index in [9.17, 15) is 0 Å². The molecule has 22 heavy (non-hydrogen) atoms. The van der Waals surface area contributed by atoms with Gasteiger partial charge in [-0.2, -0.15) is 0 Å². The molecule has 1 radical (unpaired) electrons. The van der Waals surface area contributed by atoms with Crippen molar-refractivity contribution in [1.29, 1.82) is 0 Å². The van der Waals surface area contributed by atoms with Crippen LogP contribution < -0.4 is 4.90 Å². The second-order valence-corrected chi connectivity index (χ2v) is 7.75. The highest BCUT2D eigenvalue weighted by molar-refractivity contribution is 5.68. The molecule has 115 valence electrons. The number of benzene rings is 1. The van der Waals surface area contributed by atoms with Gasteiger partial charge in [-0.25, -0.2) is 0 Å². The van der Waals surface area contributed by atoms with Crippen molar-refractivity contribution >= 4 is 5.69 Å². The smallest absolute Gasteiger partial charge is 0.0503 e. The largest absolute Gasteiger partial charge is 0.334 e. The maximum atomic E-state index is 3.56. The van der Waals surface area contributed by atoms with E-state index in [1.165, 1.54) is 28.1 Å². The first-order valence-electron chi connectivity index (χ1n) is 8.25. The molecular formula is C21H26N. The van der Waals surface area contributed by atoms with Crippen molar-refractivity contribution in [3.8, 4) is 0 Å². The SMILES string of the molecule is CC(C)C1=[C]C2=CC(C)N(c3ccc(C(C)(C)C)cc3)C2=C1. The van der Waals surface area contributed by atoms with Gasteiger partial charge in [-0.05, 0) is 53.7 Å². The molecular weight excluding hydrogens is 266 g/mol. The van der Waals surface area contributed by atoms with Crippen LogP contribution in [0.15, 0.2) is 53.3 Å². The number of rotatable bonds is 2. The van der Waals surface area contributed by atoms with Gasteiger partial charge in [-0.15, -0.1) is 0 Å². The summed E-state index contributed by atoms with van der Waals surface area (Å²) in [5.74, 6) is 0.527. The van der Waals surface area contributed by atoms with E-state index in [1.807, 2.05) is 0 Å². The van der Waals surface area contributed by atoms with E-state index in [0.717, 1.165) is 0 Å². The first-order valence-corrected chi connectivity index (χ1v) is 8.25. The van der Waals surface area contributed by atoms with Gasteiger partial charge in [0.25, 0.3) is 0 Å². The van der Waals surface area contributed by atoms with Gasteiger partial charge in [-0.1, -0.05) is 52.8 Å². The van der Waals surface area contributed by atoms with Gasteiger partial charge in [0.15, 0.2) is 0 Å². The van der Waals surface area contributed by atoms with Crippen LogP contribution in [0.25, 0.3) is 0 Å². The molecule has 1 nitrogen and oxygen atoms in total. The van der Waals surface area contributed by atoms with Crippen LogP contribution in [-0.2, 0) is 5.41 Å². The summed E-state index contributed by atoms with van der Waals surface area (Å²) in [5.41, 5.74) is 6.72. The van der Waals surface area contributed by atoms with Gasteiger partial charge >= 0.3 is 0 Å². The minimum atomic E-state index is 0.200. The van der Waals surface area contributed by atoms with Crippen LogP contribution in [0.3, 0.4) is 0 Å². The second kappa shape index (κ2) is 5.15. The fraction of sp³-hybridized carbons (Fsp3) is 0.429. The summed E-state index contributed by atoms with van der Waals surface area (Å²) in [5, 5.41) is 0. The summed E-state index contributed by atoms with van der Waals surface area (Å²) >= 11 is 0. The molecule has 1 atom stereocenters. The summed E-state index contributed by atoms with van der Waals surface area (Å²) in [6.45, 7) is 13.5. The van der Waals surface area contributed by atoms with Crippen molar-refractivity contribution in [2.75, 3.05) is 4.90 Å². The third-order valence-corrected chi connectivity index (χ3v) is 4.56. The second-order valence-electron chi connectivity index (χ2n) is 7.75. The van der Waals surface area contributed by atoms with E-state index in [4.69, 9.17) is 0 Å². The molecule has 0 amide bonds. The van der Waals surface area contributed by atoms with Gasteiger partial charge in [0, 0.05) is 17.0 Å². The van der Waals surface area contributed by atoms with Crippen molar-refractivity contribution < 1.29 is 0 Å². The summed E-state index contributed by atoms with van der Waals surface area (Å²) in [4.78, 5) is 2.42. The molecule has 0 fully saturated rings. The monoisotopic (exact) mass is 292 g/mol. The molecule has 2 aliphatic rings. The van der Waals surface area contributed by atoms with E-state index in [0.29, 0.717) is 12.0 Å². The van der Waals surface area contributed by atoms with Gasteiger partial charge in [0.1, 0.15) is 0 Å². The number of hydrogen-bond donors (Lipinski definition) is 0. The minimum absolute atomic E-state index is 0.200. The molecule has 1 heteroatoms. The fourth-order valence-corrected chi connectivity index (χ4v) is 3.15. The Hall–Kier alpha value is -1.76. The third-order valence-electron chi connectivity index (χ3n) is 4.56. The Balaban J connectivity index is 1.92. The summed E-state index contributed by atoms with van der Waals surface area (Å²) in [6.07, 6.45) is 8.18. The lowest BCUT2D eigenvalue weighted by molar-refractivity contribution is 0.590. The zero-order valence-corrected chi connectivity index (χ0v) is 14.6. The number of anilines is 1. The van der Waals surface area contributed by atoms with Crippen LogP contribution in [0.4, 0.5) is 5.69 Å². The van der Waals surface area contributed by atoms with E-state index in [-0.39, 0.29) is 5.41 Å². The Morgan fingerprint density at radius 3 is 2.27 bits per heavy atom. The standard InChI is InChI=1S/C21H26N/c1-14(2)16-12-17-11-15(3)22(20(17)13-16)19-9-7-18(8-10-19)21(4,5)6/h7-11,13-15H,1-6H3. The molecule has 1 aromatic rings. The maximum Gasteiger partial charge on any atom is 0.0503 e. The number of nitrogens with zero attached hydrogens (tertiary/aromatic N) is 1. The lowest BCUT2D eigenvalue weighted by Crippen LogP contribution is -2.26. The average molecular weight is 292 g/mol. The third kappa shape index (κ3) is 2.54. The summed E-state index contributed by atoms with van der Waals surface area (Å²) < 4.78 is 0. The summed E-state index contributed by atoms with van der Waals surface area (Å²) in [7, 11) is 0. The van der Waals surface area contributed by atoms with E-state index < -0.39 is 0 Å². The molecule has 1 aliphatic heterocycles. The van der Waals surface area contributed by atoms with Crippen molar-refractivity contribution in [3.63, 3.8) is 0 Å². The van der Waals surface area contributed by atoms with Crippen LogP contribution >= 0.6 is 0 Å². The Labute approximate surface area is 135 Å². The molecule has 0 aromatic heterocycles. The predicted molar refractivity (Wildman–Crippen MR) is 94.8 cm³/mol. The van der Waals surface area contributed by atoms with Gasteiger partial charge in [-0.3, -0.25) is 0 Å². The molecule has 1 unspecified atom stereocenters. The molecule has 1 heterocycles. The Morgan fingerprint density at radius 1 is 1.09 bits per heavy atom.